The zero-order valence-electron chi connectivity index (χ0n) is 14.5. The molecule has 0 aliphatic heterocycles. The largest absolute Gasteiger partial charge is 0.451 e. The molecule has 0 bridgehead atoms. The lowest BCUT2D eigenvalue weighted by Crippen LogP contribution is -2.45. The van der Waals surface area contributed by atoms with Crippen LogP contribution >= 0.6 is 23.4 Å². The minimum Gasteiger partial charge on any atom is -0.451 e. The van der Waals surface area contributed by atoms with E-state index in [4.69, 9.17) is 16.3 Å². The maximum absolute atomic E-state index is 12.4. The number of hydrogen-bond acceptors (Lipinski definition) is 5. The number of halogens is 1. The molecule has 25 heavy (non-hydrogen) atoms. The smallest absolute Gasteiger partial charge is 0.329 e. The van der Waals surface area contributed by atoms with Gasteiger partial charge in [0.05, 0.1) is 10.6 Å². The second-order valence-electron chi connectivity index (χ2n) is 5.26. The van der Waals surface area contributed by atoms with Gasteiger partial charge in [0.15, 0.2) is 6.10 Å². The zero-order chi connectivity index (χ0) is 18.8. The number of likely N-dealkylation sites (N-methyl/N-ethyl adjacent to an activating group) is 1. The molecule has 0 spiro atoms. The lowest BCUT2D eigenvalue weighted by Gasteiger charge is -2.20. The number of benzene rings is 1. The molecule has 2 atom stereocenters. The van der Waals surface area contributed by atoms with Gasteiger partial charge in [0.2, 0.25) is 0 Å². The molecule has 0 aliphatic rings. The Morgan fingerprint density at radius 1 is 1.28 bits per heavy atom. The highest BCUT2D eigenvalue weighted by atomic mass is 35.5. The Morgan fingerprint density at radius 3 is 2.56 bits per heavy atom. The predicted molar refractivity (Wildman–Crippen MR) is 99.9 cm³/mol. The summed E-state index contributed by atoms with van der Waals surface area (Å²) in [5.41, 5.74) is 0.280. The van der Waals surface area contributed by atoms with Gasteiger partial charge < -0.3 is 15.4 Å². The number of amides is 2. The van der Waals surface area contributed by atoms with Crippen LogP contribution in [-0.2, 0) is 14.3 Å². The molecule has 0 aromatic heterocycles. The van der Waals surface area contributed by atoms with E-state index in [0.717, 1.165) is 0 Å². The third-order valence-corrected chi connectivity index (χ3v) is 4.31. The molecular formula is C17H23ClN2O4S. The fourth-order valence-corrected chi connectivity index (χ4v) is 2.69. The molecule has 1 aromatic rings. The van der Waals surface area contributed by atoms with Gasteiger partial charge in [-0.15, -0.1) is 0 Å². The molecule has 8 heteroatoms. The molecule has 1 rings (SSSR count). The van der Waals surface area contributed by atoms with Gasteiger partial charge in [-0.2, -0.15) is 11.8 Å². The van der Waals surface area contributed by atoms with E-state index < -0.39 is 24.0 Å². The van der Waals surface area contributed by atoms with Gasteiger partial charge in [-0.05, 0) is 44.4 Å². The summed E-state index contributed by atoms with van der Waals surface area (Å²) in [6, 6.07) is 5.72. The first-order valence-corrected chi connectivity index (χ1v) is 9.70. The number of carbonyl (C=O) groups is 3. The quantitative estimate of drug-likeness (QED) is 0.636. The van der Waals surface area contributed by atoms with Crippen LogP contribution in [0.25, 0.3) is 0 Å². The van der Waals surface area contributed by atoms with Gasteiger partial charge in [-0.25, -0.2) is 4.79 Å². The van der Waals surface area contributed by atoms with E-state index in [2.05, 4.69) is 10.6 Å². The van der Waals surface area contributed by atoms with E-state index in [-0.39, 0.29) is 11.5 Å². The average molecular weight is 387 g/mol. The molecule has 2 amide bonds. The first kappa shape index (κ1) is 21.3. The van der Waals surface area contributed by atoms with Gasteiger partial charge in [-0.1, -0.05) is 23.7 Å². The Balaban J connectivity index is 2.79. The molecule has 2 N–H and O–H groups in total. The summed E-state index contributed by atoms with van der Waals surface area (Å²) in [4.78, 5) is 36.4. The van der Waals surface area contributed by atoms with Crippen molar-refractivity contribution in [2.75, 3.05) is 18.6 Å². The summed E-state index contributed by atoms with van der Waals surface area (Å²) in [5.74, 6) is -0.831. The molecule has 1 aromatic carbocycles. The Kier molecular flexibility index (Phi) is 9.37. The third-order valence-electron chi connectivity index (χ3n) is 3.33. The van der Waals surface area contributed by atoms with E-state index in [9.17, 15) is 14.4 Å². The monoisotopic (exact) mass is 386 g/mol. The van der Waals surface area contributed by atoms with Crippen LogP contribution in [0, 0.1) is 0 Å². The summed E-state index contributed by atoms with van der Waals surface area (Å²) < 4.78 is 5.18. The van der Waals surface area contributed by atoms with Crippen molar-refractivity contribution >= 4 is 41.1 Å². The number of esters is 1. The van der Waals surface area contributed by atoms with Crippen LogP contribution < -0.4 is 10.6 Å². The summed E-state index contributed by atoms with van der Waals surface area (Å²) in [5, 5.41) is 5.52. The van der Waals surface area contributed by atoms with Gasteiger partial charge in [-0.3, -0.25) is 9.59 Å². The number of hydrogen-bond donors (Lipinski definition) is 2. The summed E-state index contributed by atoms with van der Waals surface area (Å²) in [7, 11) is 0. The molecule has 0 unspecified atom stereocenters. The Morgan fingerprint density at radius 2 is 1.96 bits per heavy atom. The standard InChI is InChI=1S/C17H23ClN2O4S/c1-4-19-15(21)11(2)24-17(23)14(9-10-25-3)20-16(22)12-7-5-6-8-13(12)18/h5-8,11,14H,4,9-10H2,1-3H3,(H,19,21)(H,20,22)/t11-,14+/m1/s1. The predicted octanol–water partition coefficient (Wildman–Crippen LogP) is 2.26. The molecule has 0 saturated carbocycles. The molecule has 138 valence electrons. The summed E-state index contributed by atoms with van der Waals surface area (Å²) in [6.45, 7) is 3.71. The van der Waals surface area contributed by atoms with Gasteiger partial charge in [0.25, 0.3) is 11.8 Å². The molecule has 6 nitrogen and oxygen atoms in total. The SMILES string of the molecule is CCNC(=O)[C@@H](C)OC(=O)[C@H](CCSC)NC(=O)c1ccccc1Cl. The highest BCUT2D eigenvalue weighted by Gasteiger charge is 2.26. The van der Waals surface area contributed by atoms with Crippen LogP contribution in [0.4, 0.5) is 0 Å². The second-order valence-corrected chi connectivity index (χ2v) is 6.65. The molecule has 0 heterocycles. The summed E-state index contributed by atoms with van der Waals surface area (Å²) >= 11 is 7.56. The van der Waals surface area contributed by atoms with Crippen LogP contribution in [0.1, 0.15) is 30.6 Å². The molecule has 0 saturated heterocycles. The van der Waals surface area contributed by atoms with E-state index in [1.807, 2.05) is 6.26 Å². The molecule has 0 radical (unpaired) electrons. The van der Waals surface area contributed by atoms with Crippen LogP contribution in [-0.4, -0.2) is 48.5 Å². The molecule has 0 aliphatic carbocycles. The first-order chi connectivity index (χ1) is 11.9. The minimum atomic E-state index is -0.929. The maximum Gasteiger partial charge on any atom is 0.329 e. The van der Waals surface area contributed by atoms with E-state index in [1.165, 1.54) is 6.92 Å². The first-order valence-electron chi connectivity index (χ1n) is 7.93. The Labute approximate surface area is 157 Å². The fraction of sp³-hybridized carbons (Fsp3) is 0.471. The van der Waals surface area contributed by atoms with Gasteiger partial charge >= 0.3 is 5.97 Å². The third kappa shape index (κ3) is 6.96. The van der Waals surface area contributed by atoms with Crippen LogP contribution in [0.2, 0.25) is 5.02 Å². The maximum atomic E-state index is 12.4. The Bertz CT molecular complexity index is 612. The highest BCUT2D eigenvalue weighted by molar-refractivity contribution is 7.98. The van der Waals surface area contributed by atoms with Gasteiger partial charge in [0.1, 0.15) is 6.04 Å². The fourth-order valence-electron chi connectivity index (χ4n) is 1.99. The van der Waals surface area contributed by atoms with Crippen molar-refractivity contribution in [2.24, 2.45) is 0 Å². The van der Waals surface area contributed by atoms with Crippen molar-refractivity contribution in [3.8, 4) is 0 Å². The summed E-state index contributed by atoms with van der Waals surface area (Å²) in [6.07, 6.45) is 1.36. The number of thioether (sulfide) groups is 1. The van der Waals surface area contributed by atoms with E-state index >= 15 is 0 Å². The normalized spacial score (nSPS) is 12.8. The van der Waals surface area contributed by atoms with Crippen molar-refractivity contribution in [1.29, 1.82) is 0 Å². The lowest BCUT2D eigenvalue weighted by atomic mass is 10.1. The average Bonchev–Trinajstić information content (AvgIpc) is 2.58. The van der Waals surface area contributed by atoms with Crippen molar-refractivity contribution in [2.45, 2.75) is 32.4 Å². The second kappa shape index (κ2) is 11.0. The van der Waals surface area contributed by atoms with Crippen molar-refractivity contribution in [3.05, 3.63) is 34.9 Å². The number of carbonyl (C=O) groups excluding carboxylic acids is 3. The number of rotatable bonds is 9. The highest BCUT2D eigenvalue weighted by Crippen LogP contribution is 2.15. The van der Waals surface area contributed by atoms with Crippen LogP contribution in [0.15, 0.2) is 24.3 Å². The van der Waals surface area contributed by atoms with Crippen LogP contribution in [0.5, 0.6) is 0 Å². The van der Waals surface area contributed by atoms with Crippen molar-refractivity contribution < 1.29 is 19.1 Å². The minimum absolute atomic E-state index is 0.280. The van der Waals surface area contributed by atoms with Crippen LogP contribution in [0.3, 0.4) is 0 Å². The molecular weight excluding hydrogens is 364 g/mol. The molecule has 0 fully saturated rings. The number of nitrogens with one attached hydrogen (secondary N) is 2. The van der Waals surface area contributed by atoms with E-state index in [1.54, 1.807) is 43.0 Å². The van der Waals surface area contributed by atoms with Crippen molar-refractivity contribution in [3.63, 3.8) is 0 Å². The van der Waals surface area contributed by atoms with E-state index in [0.29, 0.717) is 23.7 Å². The van der Waals surface area contributed by atoms with Crippen molar-refractivity contribution in [1.82, 2.24) is 10.6 Å². The zero-order valence-corrected chi connectivity index (χ0v) is 16.1. The Hall–Kier alpha value is -1.73. The lowest BCUT2D eigenvalue weighted by molar-refractivity contribution is -0.156. The topological polar surface area (TPSA) is 84.5 Å². The number of ether oxygens (including phenoxy) is 1. The van der Waals surface area contributed by atoms with Gasteiger partial charge in [0, 0.05) is 6.54 Å².